The number of ether oxygens (including phenoxy) is 1. The van der Waals surface area contributed by atoms with Crippen LogP contribution >= 0.6 is 0 Å². The normalized spacial score (nSPS) is 10.9. The molecule has 1 heterocycles. The van der Waals surface area contributed by atoms with Crippen molar-refractivity contribution in [2.24, 2.45) is 0 Å². The molecule has 1 N–H and O–H groups in total. The van der Waals surface area contributed by atoms with Crippen molar-refractivity contribution in [2.75, 3.05) is 12.4 Å². The Labute approximate surface area is 152 Å². The first-order valence-corrected chi connectivity index (χ1v) is 7.81. The summed E-state index contributed by atoms with van der Waals surface area (Å²) in [6.07, 6.45) is 3.79. The maximum atomic E-state index is 12.4. The van der Waals surface area contributed by atoms with Crippen molar-refractivity contribution in [3.8, 4) is 5.75 Å². The number of nitro groups is 1. The number of amides is 1. The van der Waals surface area contributed by atoms with Gasteiger partial charge in [0, 0.05) is 12.1 Å². The van der Waals surface area contributed by atoms with Crippen molar-refractivity contribution in [1.29, 1.82) is 0 Å². The molecule has 0 aliphatic heterocycles. The molecular weight excluding hydrogens is 352 g/mol. The largest absolute Gasteiger partial charge is 0.494 e. The van der Waals surface area contributed by atoms with E-state index in [1.165, 1.54) is 43.7 Å². The smallest absolute Gasteiger partial charge is 0.273 e. The lowest BCUT2D eigenvalue weighted by Crippen LogP contribution is -2.10. The third kappa shape index (κ3) is 3.84. The number of non-ortho nitro benzene ring substituents is 1. The maximum Gasteiger partial charge on any atom is 0.273 e. The van der Waals surface area contributed by atoms with Crippen LogP contribution in [0.5, 0.6) is 5.75 Å². The summed E-state index contributed by atoms with van der Waals surface area (Å²) < 4.78 is 10.4. The van der Waals surface area contributed by atoms with Crippen molar-refractivity contribution < 1.29 is 18.9 Å². The van der Waals surface area contributed by atoms with E-state index in [-0.39, 0.29) is 28.1 Å². The van der Waals surface area contributed by atoms with Crippen LogP contribution in [0.2, 0.25) is 0 Å². The summed E-state index contributed by atoms with van der Waals surface area (Å²) in [5.74, 6) is -0.383. The molecule has 0 bridgehead atoms. The number of fused-ring (bicyclic) bond motifs is 1. The average molecular weight is 366 g/mol. The first-order chi connectivity index (χ1) is 13.0. The highest BCUT2D eigenvalue weighted by molar-refractivity contribution is 6.03. The number of anilines is 1. The summed E-state index contributed by atoms with van der Waals surface area (Å²) in [5.41, 5.74) is 0.533. The monoisotopic (exact) mass is 366 g/mol. The van der Waals surface area contributed by atoms with E-state index in [0.717, 1.165) is 0 Å². The number of nitro benzene ring substituents is 1. The fraction of sp³-hybridized carbons (Fsp3) is 0.0526. The predicted molar refractivity (Wildman–Crippen MR) is 99.8 cm³/mol. The number of benzene rings is 2. The minimum Gasteiger partial charge on any atom is -0.494 e. The number of hydrogen-bond donors (Lipinski definition) is 1. The van der Waals surface area contributed by atoms with Crippen molar-refractivity contribution in [2.45, 2.75) is 0 Å². The van der Waals surface area contributed by atoms with Gasteiger partial charge in [0.1, 0.15) is 17.6 Å². The molecule has 8 heteroatoms. The molecule has 0 spiro atoms. The Kier molecular flexibility index (Phi) is 4.98. The highest BCUT2D eigenvalue weighted by Crippen LogP contribution is 2.28. The molecule has 0 saturated carbocycles. The molecule has 3 aromatic rings. The zero-order valence-electron chi connectivity index (χ0n) is 14.2. The standard InChI is InChI=1S/C19H14N2O6/c1-26-17-10-13(21(24)25)7-8-15(17)20-18(22)9-6-12-11-27-16-5-3-2-4-14(16)19(12)23/h2-11H,1H3,(H,20,22)/b9-6+. The highest BCUT2D eigenvalue weighted by Gasteiger charge is 2.12. The predicted octanol–water partition coefficient (Wildman–Crippen LogP) is 3.36. The number of para-hydroxylation sites is 1. The number of methoxy groups -OCH3 is 1. The molecule has 3 rings (SSSR count). The molecule has 0 unspecified atom stereocenters. The van der Waals surface area contributed by atoms with E-state index in [0.29, 0.717) is 11.0 Å². The molecule has 0 fully saturated rings. The molecule has 1 amide bonds. The summed E-state index contributed by atoms with van der Waals surface area (Å²) in [7, 11) is 1.34. The Bertz CT molecular complexity index is 1120. The number of carbonyl (C=O) groups is 1. The van der Waals surface area contributed by atoms with Gasteiger partial charge in [-0.05, 0) is 24.3 Å². The Hall–Kier alpha value is -3.94. The average Bonchev–Trinajstić information content (AvgIpc) is 2.67. The summed E-state index contributed by atoms with van der Waals surface area (Å²) in [6.45, 7) is 0. The molecule has 0 aliphatic rings. The SMILES string of the molecule is COc1cc([N+](=O)[O-])ccc1NC(=O)/C=C/c1coc2ccccc2c1=O. The van der Waals surface area contributed by atoms with Crippen molar-refractivity contribution in [3.63, 3.8) is 0 Å². The molecule has 2 aromatic carbocycles. The van der Waals surface area contributed by atoms with Crippen LogP contribution in [0.15, 0.2) is 64.0 Å². The van der Waals surface area contributed by atoms with E-state index in [1.807, 2.05) is 0 Å². The topological polar surface area (TPSA) is 112 Å². The summed E-state index contributed by atoms with van der Waals surface area (Å²) in [6, 6.07) is 10.6. The summed E-state index contributed by atoms with van der Waals surface area (Å²) >= 11 is 0. The van der Waals surface area contributed by atoms with E-state index < -0.39 is 10.8 Å². The third-order valence-electron chi connectivity index (χ3n) is 3.77. The molecule has 8 nitrogen and oxygen atoms in total. The summed E-state index contributed by atoms with van der Waals surface area (Å²) in [5, 5.41) is 13.8. The molecule has 27 heavy (non-hydrogen) atoms. The molecule has 0 aliphatic carbocycles. The minimum atomic E-state index is -0.562. The van der Waals surface area contributed by atoms with Gasteiger partial charge >= 0.3 is 0 Å². The van der Waals surface area contributed by atoms with E-state index in [9.17, 15) is 19.7 Å². The van der Waals surface area contributed by atoms with Crippen LogP contribution in [0.1, 0.15) is 5.56 Å². The van der Waals surface area contributed by atoms with Crippen LogP contribution in [0, 0.1) is 10.1 Å². The molecule has 0 saturated heterocycles. The van der Waals surface area contributed by atoms with Gasteiger partial charge in [-0.15, -0.1) is 0 Å². The third-order valence-corrected chi connectivity index (χ3v) is 3.77. The van der Waals surface area contributed by atoms with E-state index >= 15 is 0 Å². The number of carbonyl (C=O) groups excluding carboxylic acids is 1. The van der Waals surface area contributed by atoms with E-state index in [1.54, 1.807) is 24.3 Å². The van der Waals surface area contributed by atoms with Gasteiger partial charge in [-0.2, -0.15) is 0 Å². The zero-order chi connectivity index (χ0) is 19.4. The number of rotatable bonds is 5. The minimum absolute atomic E-state index is 0.149. The van der Waals surface area contributed by atoms with Gasteiger partial charge in [-0.1, -0.05) is 12.1 Å². The maximum absolute atomic E-state index is 12.4. The van der Waals surface area contributed by atoms with Gasteiger partial charge in [0.2, 0.25) is 5.91 Å². The number of hydrogen-bond acceptors (Lipinski definition) is 6. The van der Waals surface area contributed by atoms with Gasteiger partial charge in [0.05, 0.1) is 34.7 Å². The van der Waals surface area contributed by atoms with Crippen LogP contribution < -0.4 is 15.5 Å². The zero-order valence-corrected chi connectivity index (χ0v) is 14.2. The van der Waals surface area contributed by atoms with Gasteiger partial charge in [0.15, 0.2) is 5.43 Å². The fourth-order valence-electron chi connectivity index (χ4n) is 2.44. The lowest BCUT2D eigenvalue weighted by molar-refractivity contribution is -0.384. The Morgan fingerprint density at radius 3 is 2.78 bits per heavy atom. The molecule has 136 valence electrons. The van der Waals surface area contributed by atoms with Crippen LogP contribution in [0.3, 0.4) is 0 Å². The number of nitrogens with one attached hydrogen (secondary N) is 1. The van der Waals surface area contributed by atoms with Gasteiger partial charge in [-0.3, -0.25) is 19.7 Å². The van der Waals surface area contributed by atoms with Crippen LogP contribution in [0.25, 0.3) is 17.0 Å². The van der Waals surface area contributed by atoms with Crippen molar-refractivity contribution in [1.82, 2.24) is 0 Å². The molecular formula is C19H14N2O6. The Morgan fingerprint density at radius 1 is 1.26 bits per heavy atom. The number of nitrogens with zero attached hydrogens (tertiary/aromatic N) is 1. The lowest BCUT2D eigenvalue weighted by atomic mass is 10.1. The van der Waals surface area contributed by atoms with Gasteiger partial charge in [-0.25, -0.2) is 0 Å². The molecule has 0 atom stereocenters. The van der Waals surface area contributed by atoms with E-state index in [2.05, 4.69) is 5.32 Å². The second kappa shape index (κ2) is 7.52. The lowest BCUT2D eigenvalue weighted by Gasteiger charge is -2.08. The van der Waals surface area contributed by atoms with Crippen LogP contribution in [0.4, 0.5) is 11.4 Å². The van der Waals surface area contributed by atoms with Crippen molar-refractivity contribution >= 4 is 34.3 Å². The van der Waals surface area contributed by atoms with Crippen LogP contribution in [-0.4, -0.2) is 17.9 Å². The highest BCUT2D eigenvalue weighted by atomic mass is 16.6. The van der Waals surface area contributed by atoms with E-state index in [4.69, 9.17) is 9.15 Å². The Balaban J connectivity index is 1.81. The Morgan fingerprint density at radius 2 is 2.04 bits per heavy atom. The van der Waals surface area contributed by atoms with Gasteiger partial charge < -0.3 is 14.5 Å². The second-order valence-electron chi connectivity index (χ2n) is 5.48. The second-order valence-corrected chi connectivity index (χ2v) is 5.48. The fourth-order valence-corrected chi connectivity index (χ4v) is 2.44. The summed E-state index contributed by atoms with van der Waals surface area (Å²) in [4.78, 5) is 34.7. The first-order valence-electron chi connectivity index (χ1n) is 7.81. The first kappa shape index (κ1) is 17.9. The van der Waals surface area contributed by atoms with Crippen LogP contribution in [-0.2, 0) is 4.79 Å². The quantitative estimate of drug-likeness (QED) is 0.421. The van der Waals surface area contributed by atoms with Crippen molar-refractivity contribution in [3.05, 3.63) is 80.7 Å². The molecule has 0 radical (unpaired) electrons. The molecule has 1 aromatic heterocycles. The van der Waals surface area contributed by atoms with Gasteiger partial charge in [0.25, 0.3) is 5.69 Å².